The number of carbonyl (C=O) groups is 2. The number of benzene rings is 1. The van der Waals surface area contributed by atoms with Gasteiger partial charge in [-0.3, -0.25) is 14.5 Å². The number of methoxy groups -OCH3 is 1. The Labute approximate surface area is 143 Å². The Morgan fingerprint density at radius 3 is 2.58 bits per heavy atom. The minimum atomic E-state index is -0.699. The van der Waals surface area contributed by atoms with Gasteiger partial charge in [-0.1, -0.05) is 24.3 Å². The van der Waals surface area contributed by atoms with Gasteiger partial charge in [0.2, 0.25) is 0 Å². The van der Waals surface area contributed by atoms with Gasteiger partial charge in [-0.2, -0.15) is 0 Å². The number of hydrogen-bond donors (Lipinski definition) is 1. The van der Waals surface area contributed by atoms with E-state index >= 15 is 0 Å². The number of nitrogens with zero attached hydrogens (tertiary/aromatic N) is 1. The quantitative estimate of drug-likeness (QED) is 0.585. The summed E-state index contributed by atoms with van der Waals surface area (Å²) in [5.41, 5.74) is 1.14. The van der Waals surface area contributed by atoms with Crippen molar-refractivity contribution in [2.75, 3.05) is 26.8 Å². The maximum Gasteiger partial charge on any atom is 0.310 e. The summed E-state index contributed by atoms with van der Waals surface area (Å²) in [5.74, 6) is -0.641. The van der Waals surface area contributed by atoms with Crippen molar-refractivity contribution in [1.29, 1.82) is 0 Å². The zero-order chi connectivity index (χ0) is 17.6. The van der Waals surface area contributed by atoms with E-state index in [2.05, 4.69) is 4.90 Å². The Morgan fingerprint density at radius 1 is 1.29 bits per heavy atom. The van der Waals surface area contributed by atoms with Crippen LogP contribution in [0.1, 0.15) is 48.5 Å². The van der Waals surface area contributed by atoms with Crippen molar-refractivity contribution >= 4 is 11.8 Å². The first-order valence-electron chi connectivity index (χ1n) is 8.51. The molecule has 24 heavy (non-hydrogen) atoms. The fraction of sp³-hybridized carbons (Fsp3) is 0.579. The second-order valence-corrected chi connectivity index (χ2v) is 6.75. The molecule has 0 saturated carbocycles. The molecule has 2 rings (SSSR count). The minimum absolute atomic E-state index is 0.0579. The number of carboxylic acid groups (broad SMARTS) is 1. The predicted molar refractivity (Wildman–Crippen MR) is 92.1 cm³/mol. The van der Waals surface area contributed by atoms with Gasteiger partial charge in [0, 0.05) is 32.4 Å². The number of rotatable bonds is 8. The summed E-state index contributed by atoms with van der Waals surface area (Å²) in [4.78, 5) is 25.4. The number of carboxylic acids is 1. The number of Topliss-reactive ketones (excluding diaryl/α,β-unsaturated/α-hetero) is 1. The summed E-state index contributed by atoms with van der Waals surface area (Å²) in [5, 5.41) is 9.76. The van der Waals surface area contributed by atoms with Crippen molar-refractivity contribution in [3.63, 3.8) is 0 Å². The first-order chi connectivity index (χ1) is 11.5. The number of aliphatic carboxylic acids is 1. The van der Waals surface area contributed by atoms with E-state index in [1.807, 2.05) is 24.3 Å². The lowest BCUT2D eigenvalue weighted by molar-refractivity contribution is -0.153. The number of ketones is 1. The molecule has 5 nitrogen and oxygen atoms in total. The van der Waals surface area contributed by atoms with Crippen LogP contribution in [0.2, 0.25) is 0 Å². The molecule has 1 fully saturated rings. The predicted octanol–water partition coefficient (Wildman–Crippen LogP) is 2.98. The summed E-state index contributed by atoms with van der Waals surface area (Å²) < 4.78 is 5.08. The van der Waals surface area contributed by atoms with Gasteiger partial charge in [-0.15, -0.1) is 0 Å². The van der Waals surface area contributed by atoms with Crippen LogP contribution in [0.3, 0.4) is 0 Å². The Kier molecular flexibility index (Phi) is 6.52. The van der Waals surface area contributed by atoms with E-state index in [-0.39, 0.29) is 5.78 Å². The lowest BCUT2D eigenvalue weighted by atomic mass is 9.76. The topological polar surface area (TPSA) is 66.8 Å². The van der Waals surface area contributed by atoms with Gasteiger partial charge in [-0.25, -0.2) is 0 Å². The largest absolute Gasteiger partial charge is 0.481 e. The Balaban J connectivity index is 2.02. The van der Waals surface area contributed by atoms with Crippen LogP contribution >= 0.6 is 0 Å². The van der Waals surface area contributed by atoms with Crippen LogP contribution in [-0.4, -0.2) is 48.6 Å². The molecule has 1 unspecified atom stereocenters. The fourth-order valence-electron chi connectivity index (χ4n) is 3.51. The van der Waals surface area contributed by atoms with Crippen LogP contribution in [-0.2, 0) is 16.1 Å². The van der Waals surface area contributed by atoms with E-state index in [9.17, 15) is 14.7 Å². The van der Waals surface area contributed by atoms with Gasteiger partial charge in [-0.05, 0) is 44.7 Å². The van der Waals surface area contributed by atoms with Gasteiger partial charge in [0.15, 0.2) is 5.78 Å². The molecule has 0 aliphatic carbocycles. The second kappa shape index (κ2) is 8.40. The highest BCUT2D eigenvalue weighted by atomic mass is 16.5. The number of carbonyl (C=O) groups excluding carboxylic acids is 1. The molecule has 0 aromatic heterocycles. The van der Waals surface area contributed by atoms with Crippen LogP contribution in [0.5, 0.6) is 0 Å². The normalized spacial score (nSPS) is 21.6. The van der Waals surface area contributed by atoms with E-state index in [0.717, 1.165) is 37.9 Å². The summed E-state index contributed by atoms with van der Waals surface area (Å²) >= 11 is 0. The molecule has 1 heterocycles. The molecule has 0 spiro atoms. The number of hydrogen-bond acceptors (Lipinski definition) is 4. The molecular weight excluding hydrogens is 306 g/mol. The Morgan fingerprint density at radius 2 is 2.00 bits per heavy atom. The lowest BCUT2D eigenvalue weighted by Crippen LogP contribution is -2.47. The molecule has 1 aliphatic rings. The SMILES string of the molecule is COCCCC1(C(=O)O)CCCN(Cc2ccc(C(C)=O)cc2)C1. The monoisotopic (exact) mass is 333 g/mol. The molecule has 1 atom stereocenters. The maximum atomic E-state index is 11.9. The average molecular weight is 333 g/mol. The molecule has 0 radical (unpaired) electrons. The minimum Gasteiger partial charge on any atom is -0.481 e. The smallest absolute Gasteiger partial charge is 0.310 e. The van der Waals surface area contributed by atoms with Gasteiger partial charge < -0.3 is 9.84 Å². The van der Waals surface area contributed by atoms with Crippen LogP contribution in [0.15, 0.2) is 24.3 Å². The molecule has 1 aromatic carbocycles. The highest BCUT2D eigenvalue weighted by molar-refractivity contribution is 5.94. The number of ether oxygens (including phenoxy) is 1. The van der Waals surface area contributed by atoms with E-state index < -0.39 is 11.4 Å². The molecular formula is C19H27NO4. The summed E-state index contributed by atoms with van der Waals surface area (Å²) in [7, 11) is 1.64. The lowest BCUT2D eigenvalue weighted by Gasteiger charge is -2.40. The highest BCUT2D eigenvalue weighted by Gasteiger charge is 2.41. The van der Waals surface area contributed by atoms with Crippen LogP contribution in [0, 0.1) is 5.41 Å². The molecule has 132 valence electrons. The third-order valence-corrected chi connectivity index (χ3v) is 4.88. The zero-order valence-corrected chi connectivity index (χ0v) is 14.6. The van der Waals surface area contributed by atoms with E-state index in [4.69, 9.17) is 4.74 Å². The fourth-order valence-corrected chi connectivity index (χ4v) is 3.51. The summed E-state index contributed by atoms with van der Waals surface area (Å²) in [6.45, 7) is 4.36. The van der Waals surface area contributed by atoms with Crippen LogP contribution < -0.4 is 0 Å². The number of likely N-dealkylation sites (tertiary alicyclic amines) is 1. The van der Waals surface area contributed by atoms with Crippen LogP contribution in [0.25, 0.3) is 0 Å². The molecule has 5 heteroatoms. The number of piperidine rings is 1. The molecule has 0 bridgehead atoms. The maximum absolute atomic E-state index is 11.9. The second-order valence-electron chi connectivity index (χ2n) is 6.75. The van der Waals surface area contributed by atoms with Crippen molar-refractivity contribution in [1.82, 2.24) is 4.90 Å². The van der Waals surface area contributed by atoms with Gasteiger partial charge in [0.05, 0.1) is 5.41 Å². The van der Waals surface area contributed by atoms with Crippen molar-refractivity contribution < 1.29 is 19.4 Å². The molecule has 1 N–H and O–H groups in total. The van der Waals surface area contributed by atoms with Crippen molar-refractivity contribution in [2.24, 2.45) is 5.41 Å². The first kappa shape index (κ1) is 18.6. The van der Waals surface area contributed by atoms with E-state index in [0.29, 0.717) is 25.1 Å². The van der Waals surface area contributed by atoms with Crippen molar-refractivity contribution in [2.45, 2.75) is 39.2 Å². The standard InChI is InChI=1S/C19H27NO4/c1-15(21)17-7-5-16(6-8-17)13-20-11-3-9-19(14-20,18(22)23)10-4-12-24-2/h5-8H,3-4,9-14H2,1-2H3,(H,22,23). The molecule has 1 aliphatic heterocycles. The van der Waals surface area contributed by atoms with Crippen molar-refractivity contribution in [3.05, 3.63) is 35.4 Å². The Bertz CT molecular complexity index is 569. The summed E-state index contributed by atoms with van der Waals surface area (Å²) in [6, 6.07) is 7.59. The van der Waals surface area contributed by atoms with Gasteiger partial charge in [0.1, 0.15) is 0 Å². The molecule has 1 saturated heterocycles. The van der Waals surface area contributed by atoms with Crippen molar-refractivity contribution in [3.8, 4) is 0 Å². The average Bonchev–Trinajstić information content (AvgIpc) is 2.56. The van der Waals surface area contributed by atoms with Gasteiger partial charge in [0.25, 0.3) is 0 Å². The van der Waals surface area contributed by atoms with Crippen LogP contribution in [0.4, 0.5) is 0 Å². The first-order valence-corrected chi connectivity index (χ1v) is 8.51. The van der Waals surface area contributed by atoms with E-state index in [1.165, 1.54) is 0 Å². The third kappa shape index (κ3) is 4.65. The summed E-state index contributed by atoms with van der Waals surface area (Å²) in [6.07, 6.45) is 3.04. The third-order valence-electron chi connectivity index (χ3n) is 4.88. The zero-order valence-electron chi connectivity index (χ0n) is 14.6. The van der Waals surface area contributed by atoms with Gasteiger partial charge >= 0.3 is 5.97 Å². The Hall–Kier alpha value is -1.72. The van der Waals surface area contributed by atoms with E-state index in [1.54, 1.807) is 14.0 Å². The molecule has 1 aromatic rings. The molecule has 0 amide bonds. The highest BCUT2D eigenvalue weighted by Crippen LogP contribution is 2.35.